The molecule has 1 heterocycles. The van der Waals surface area contributed by atoms with Crippen LogP contribution in [0, 0.1) is 11.3 Å². The van der Waals surface area contributed by atoms with Crippen LogP contribution in [0.15, 0.2) is 35.8 Å². The van der Waals surface area contributed by atoms with Crippen LogP contribution in [0.3, 0.4) is 0 Å². The fourth-order valence-corrected chi connectivity index (χ4v) is 6.12. The van der Waals surface area contributed by atoms with Crippen molar-refractivity contribution < 1.29 is 19.3 Å². The van der Waals surface area contributed by atoms with E-state index in [-0.39, 0.29) is 18.2 Å². The van der Waals surface area contributed by atoms with Gasteiger partial charge in [0.25, 0.3) is 0 Å². The molecule has 3 fully saturated rings. The number of aliphatic hydroxyl groups is 1. The van der Waals surface area contributed by atoms with Crippen LogP contribution in [-0.4, -0.2) is 60.7 Å². The highest BCUT2D eigenvalue weighted by molar-refractivity contribution is 5.49. The summed E-state index contributed by atoms with van der Waals surface area (Å²) in [5.41, 5.74) is 1.09. The lowest BCUT2D eigenvalue weighted by Gasteiger charge is -2.60. The molecule has 3 aliphatic carbocycles. The second-order valence-electron chi connectivity index (χ2n) is 10.0. The predicted octanol–water partition coefficient (Wildman–Crippen LogP) is 4.58. The van der Waals surface area contributed by atoms with E-state index in [0.717, 1.165) is 63.3 Å². The maximum atomic E-state index is 12.3. The van der Waals surface area contributed by atoms with Gasteiger partial charge >= 0.3 is 0 Å². The van der Waals surface area contributed by atoms with Gasteiger partial charge < -0.3 is 19.3 Å². The Labute approximate surface area is 188 Å². The fourth-order valence-electron chi connectivity index (χ4n) is 6.12. The molecule has 3 saturated carbocycles. The van der Waals surface area contributed by atoms with Gasteiger partial charge in [-0.1, -0.05) is 26.3 Å². The number of unbranched alkanes of at least 4 members (excludes halogenated alkanes) is 1. The predicted molar refractivity (Wildman–Crippen MR) is 123 cm³/mol. The van der Waals surface area contributed by atoms with Crippen molar-refractivity contribution in [3.63, 3.8) is 0 Å². The van der Waals surface area contributed by atoms with Crippen molar-refractivity contribution in [2.45, 2.75) is 89.6 Å². The van der Waals surface area contributed by atoms with Crippen LogP contribution in [0.1, 0.15) is 65.7 Å². The first-order chi connectivity index (χ1) is 15.0. The molecule has 4 aliphatic rings. The Bertz CT molecular complexity index is 727. The highest BCUT2D eigenvalue weighted by Crippen LogP contribution is 2.62. The third kappa shape index (κ3) is 3.98. The Morgan fingerprint density at radius 3 is 2.77 bits per heavy atom. The summed E-state index contributed by atoms with van der Waals surface area (Å²) >= 11 is 0. The fraction of sp³-hybridized carbons (Fsp3) is 0.769. The van der Waals surface area contributed by atoms with E-state index < -0.39 is 11.0 Å². The van der Waals surface area contributed by atoms with E-state index in [4.69, 9.17) is 14.2 Å². The van der Waals surface area contributed by atoms with Crippen LogP contribution in [0.4, 0.5) is 0 Å². The Balaban J connectivity index is 1.66. The number of likely N-dealkylation sites (N-methyl/N-ethyl adjacent to an activating group) is 1. The Morgan fingerprint density at radius 1 is 1.29 bits per heavy atom. The van der Waals surface area contributed by atoms with E-state index in [9.17, 15) is 5.11 Å². The molecule has 0 bridgehead atoms. The third-order valence-electron chi connectivity index (χ3n) is 8.25. The first-order valence-corrected chi connectivity index (χ1v) is 12.3. The molecule has 31 heavy (non-hydrogen) atoms. The minimum Gasteiger partial charge on any atom is -0.501 e. The summed E-state index contributed by atoms with van der Waals surface area (Å²) in [5, 5.41) is 12.3. The molecule has 0 aromatic rings. The average molecular weight is 432 g/mol. The van der Waals surface area contributed by atoms with Crippen molar-refractivity contribution in [2.75, 3.05) is 26.8 Å². The molecule has 0 aromatic carbocycles. The van der Waals surface area contributed by atoms with E-state index >= 15 is 0 Å². The standard InChI is InChI=1S/C26H41NO4/c1-5-7-14-30-15-8-9-20-16-23(27(6-2)17-19-10-11-19)26(28)13-12-22(29-4)24-25(26,3)21(20)18-31-24/h8-9,15,18-19,22-24,28H,5-7,10-14,16-17H2,1-4H3/b15-8+,20-9-/t22?,23-,24+,25+,26-/m1/s1. The molecule has 0 spiro atoms. The van der Waals surface area contributed by atoms with Crippen LogP contribution in [-0.2, 0) is 14.2 Å². The number of methoxy groups -OCH3 is 1. The second-order valence-corrected chi connectivity index (χ2v) is 10.0. The minimum absolute atomic E-state index is 0.00505. The monoisotopic (exact) mass is 431 g/mol. The van der Waals surface area contributed by atoms with Gasteiger partial charge in [-0.05, 0) is 69.6 Å². The van der Waals surface area contributed by atoms with Gasteiger partial charge in [0, 0.05) is 25.3 Å². The molecule has 0 aromatic heterocycles. The Kier molecular flexibility index (Phi) is 6.85. The molecule has 5 nitrogen and oxygen atoms in total. The molecule has 4 rings (SSSR count). The molecule has 5 atom stereocenters. The lowest BCUT2D eigenvalue weighted by molar-refractivity contribution is -0.209. The number of hydrogen-bond acceptors (Lipinski definition) is 5. The van der Waals surface area contributed by atoms with Gasteiger partial charge in [0.2, 0.25) is 0 Å². The Morgan fingerprint density at radius 2 is 2.10 bits per heavy atom. The molecular formula is C26H41NO4. The smallest absolute Gasteiger partial charge is 0.136 e. The van der Waals surface area contributed by atoms with E-state index in [2.05, 4.69) is 31.7 Å². The number of allylic oxidation sites excluding steroid dienone is 2. The summed E-state index contributed by atoms with van der Waals surface area (Å²) in [6.45, 7) is 9.40. The van der Waals surface area contributed by atoms with Gasteiger partial charge in [-0.25, -0.2) is 0 Å². The van der Waals surface area contributed by atoms with E-state index in [1.807, 2.05) is 12.3 Å². The van der Waals surface area contributed by atoms with Crippen molar-refractivity contribution >= 4 is 0 Å². The van der Waals surface area contributed by atoms with Gasteiger partial charge in [0.1, 0.15) is 6.10 Å². The Hall–Kier alpha value is -1.30. The van der Waals surface area contributed by atoms with E-state index in [0.29, 0.717) is 0 Å². The zero-order valence-corrected chi connectivity index (χ0v) is 19.8. The van der Waals surface area contributed by atoms with Crippen molar-refractivity contribution in [1.82, 2.24) is 4.90 Å². The maximum Gasteiger partial charge on any atom is 0.136 e. The van der Waals surface area contributed by atoms with Crippen LogP contribution < -0.4 is 0 Å². The first kappa shape index (κ1) is 22.9. The number of ether oxygens (including phenoxy) is 3. The number of nitrogens with zero attached hydrogens (tertiary/aromatic N) is 1. The summed E-state index contributed by atoms with van der Waals surface area (Å²) in [4.78, 5) is 2.54. The molecule has 1 N–H and O–H groups in total. The molecule has 0 amide bonds. The highest BCUT2D eigenvalue weighted by Gasteiger charge is 2.68. The van der Waals surface area contributed by atoms with Crippen LogP contribution in [0.5, 0.6) is 0 Å². The van der Waals surface area contributed by atoms with Crippen molar-refractivity contribution in [3.8, 4) is 0 Å². The normalized spacial score (nSPS) is 38.5. The topological polar surface area (TPSA) is 51.2 Å². The van der Waals surface area contributed by atoms with Gasteiger partial charge in [-0.15, -0.1) is 0 Å². The lowest BCUT2D eigenvalue weighted by atomic mass is 9.51. The van der Waals surface area contributed by atoms with Crippen molar-refractivity contribution in [3.05, 3.63) is 35.8 Å². The van der Waals surface area contributed by atoms with Crippen molar-refractivity contribution in [1.29, 1.82) is 0 Å². The molecule has 1 unspecified atom stereocenters. The molecule has 1 aliphatic heterocycles. The first-order valence-electron chi connectivity index (χ1n) is 12.3. The third-order valence-corrected chi connectivity index (χ3v) is 8.25. The average Bonchev–Trinajstić information content (AvgIpc) is 3.51. The lowest BCUT2D eigenvalue weighted by Crippen LogP contribution is -2.70. The summed E-state index contributed by atoms with van der Waals surface area (Å²) < 4.78 is 17.7. The molecular weight excluding hydrogens is 390 g/mol. The zero-order chi connectivity index (χ0) is 22.1. The summed E-state index contributed by atoms with van der Waals surface area (Å²) in [7, 11) is 1.76. The number of rotatable bonds is 10. The van der Waals surface area contributed by atoms with Gasteiger partial charge in [-0.2, -0.15) is 0 Å². The van der Waals surface area contributed by atoms with Crippen LogP contribution >= 0.6 is 0 Å². The minimum atomic E-state index is -0.821. The molecule has 5 heteroatoms. The SMILES string of the molecule is CCCCO/C=C/C=C1/C[C@@H](N(CC)CC2CC2)[C@]2(O)CCC(OC)[C@@H]3OC=C1[C@@]32C. The summed E-state index contributed by atoms with van der Waals surface area (Å²) in [6, 6.07) is 0.0860. The summed E-state index contributed by atoms with van der Waals surface area (Å²) in [5.74, 6) is 0.790. The van der Waals surface area contributed by atoms with Gasteiger partial charge in [0.15, 0.2) is 0 Å². The largest absolute Gasteiger partial charge is 0.501 e. The van der Waals surface area contributed by atoms with Crippen LogP contribution in [0.25, 0.3) is 0 Å². The van der Waals surface area contributed by atoms with E-state index in [1.54, 1.807) is 13.4 Å². The van der Waals surface area contributed by atoms with Crippen molar-refractivity contribution in [2.24, 2.45) is 11.3 Å². The maximum absolute atomic E-state index is 12.3. The second kappa shape index (κ2) is 9.29. The van der Waals surface area contributed by atoms with Gasteiger partial charge in [0.05, 0.1) is 36.3 Å². The quantitative estimate of drug-likeness (QED) is 0.405. The highest BCUT2D eigenvalue weighted by atomic mass is 16.5. The van der Waals surface area contributed by atoms with Crippen LogP contribution in [0.2, 0.25) is 0 Å². The molecule has 0 radical (unpaired) electrons. The number of hydrogen-bond donors (Lipinski definition) is 1. The van der Waals surface area contributed by atoms with E-state index in [1.165, 1.54) is 18.4 Å². The molecule has 174 valence electrons. The zero-order valence-electron chi connectivity index (χ0n) is 19.8. The van der Waals surface area contributed by atoms with Gasteiger partial charge in [-0.3, -0.25) is 4.90 Å². The summed E-state index contributed by atoms with van der Waals surface area (Å²) in [6.07, 6.45) is 15.0. The molecule has 0 saturated heterocycles.